The lowest BCUT2D eigenvalue weighted by molar-refractivity contribution is -0.120. The van der Waals surface area contributed by atoms with Crippen molar-refractivity contribution in [3.8, 4) is 11.5 Å². The SMILES string of the molecule is CNCCC(=O)NCCc1ccc(OC)c(OC(F)F)c1.Cl. The van der Waals surface area contributed by atoms with Crippen LogP contribution >= 0.6 is 12.4 Å². The fraction of sp³-hybridized carbons (Fsp3) is 0.500. The molecule has 8 heteroatoms. The lowest BCUT2D eigenvalue weighted by Gasteiger charge is -2.12. The van der Waals surface area contributed by atoms with Crippen LogP contribution in [0.3, 0.4) is 0 Å². The van der Waals surface area contributed by atoms with Gasteiger partial charge in [-0.05, 0) is 31.2 Å². The zero-order chi connectivity index (χ0) is 15.7. The zero-order valence-corrected chi connectivity index (χ0v) is 13.3. The Hall–Kier alpha value is -1.60. The third-order valence-corrected chi connectivity index (χ3v) is 2.78. The summed E-state index contributed by atoms with van der Waals surface area (Å²) < 4.78 is 34.0. The van der Waals surface area contributed by atoms with Crippen molar-refractivity contribution in [2.24, 2.45) is 0 Å². The van der Waals surface area contributed by atoms with Gasteiger partial charge in [0.15, 0.2) is 11.5 Å². The number of rotatable bonds is 9. The second-order valence-corrected chi connectivity index (χ2v) is 4.32. The Morgan fingerprint density at radius 3 is 2.59 bits per heavy atom. The van der Waals surface area contributed by atoms with Crippen molar-refractivity contribution in [1.29, 1.82) is 0 Å². The Labute approximate surface area is 134 Å². The third kappa shape index (κ3) is 7.42. The topological polar surface area (TPSA) is 59.6 Å². The highest BCUT2D eigenvalue weighted by atomic mass is 35.5. The zero-order valence-electron chi connectivity index (χ0n) is 12.5. The molecule has 126 valence electrons. The van der Waals surface area contributed by atoms with E-state index < -0.39 is 6.61 Å². The molecule has 0 bridgehead atoms. The maximum absolute atomic E-state index is 12.3. The summed E-state index contributed by atoms with van der Waals surface area (Å²) in [5.41, 5.74) is 0.778. The van der Waals surface area contributed by atoms with Crippen molar-refractivity contribution in [1.82, 2.24) is 10.6 Å². The van der Waals surface area contributed by atoms with Crippen LogP contribution in [0.15, 0.2) is 18.2 Å². The van der Waals surface area contributed by atoms with Crippen LogP contribution in [0, 0.1) is 0 Å². The fourth-order valence-electron chi connectivity index (χ4n) is 1.74. The molecule has 5 nitrogen and oxygen atoms in total. The summed E-state index contributed by atoms with van der Waals surface area (Å²) in [7, 11) is 3.16. The van der Waals surface area contributed by atoms with Crippen LogP contribution in [0.5, 0.6) is 11.5 Å². The largest absolute Gasteiger partial charge is 0.493 e. The first-order chi connectivity index (χ1) is 10.1. The molecule has 2 N–H and O–H groups in total. The first-order valence-corrected chi connectivity index (χ1v) is 6.60. The molecule has 0 saturated heterocycles. The minimum absolute atomic E-state index is 0. The van der Waals surface area contributed by atoms with Crippen molar-refractivity contribution in [3.63, 3.8) is 0 Å². The summed E-state index contributed by atoms with van der Waals surface area (Å²) in [6.07, 6.45) is 0.924. The highest BCUT2D eigenvalue weighted by Crippen LogP contribution is 2.29. The van der Waals surface area contributed by atoms with Gasteiger partial charge in [-0.1, -0.05) is 6.07 Å². The summed E-state index contributed by atoms with van der Waals surface area (Å²) in [6, 6.07) is 4.80. The average Bonchev–Trinajstić information content (AvgIpc) is 2.45. The van der Waals surface area contributed by atoms with Crippen LogP contribution in [0.4, 0.5) is 8.78 Å². The molecule has 0 fully saturated rings. The monoisotopic (exact) mass is 338 g/mol. The maximum Gasteiger partial charge on any atom is 0.387 e. The van der Waals surface area contributed by atoms with Crippen LogP contribution in [0.25, 0.3) is 0 Å². The van der Waals surface area contributed by atoms with Gasteiger partial charge in [0.05, 0.1) is 7.11 Å². The number of nitrogens with one attached hydrogen (secondary N) is 2. The molecule has 22 heavy (non-hydrogen) atoms. The molecule has 1 aromatic rings. The van der Waals surface area contributed by atoms with Gasteiger partial charge in [0, 0.05) is 19.5 Å². The van der Waals surface area contributed by atoms with Crippen LogP contribution in [-0.2, 0) is 11.2 Å². The molecule has 0 heterocycles. The van der Waals surface area contributed by atoms with Crippen molar-refractivity contribution < 1.29 is 23.0 Å². The normalized spacial score (nSPS) is 10.0. The van der Waals surface area contributed by atoms with Crippen molar-refractivity contribution in [2.45, 2.75) is 19.5 Å². The summed E-state index contributed by atoms with van der Waals surface area (Å²) in [4.78, 5) is 11.4. The first-order valence-electron chi connectivity index (χ1n) is 6.60. The van der Waals surface area contributed by atoms with E-state index in [0.29, 0.717) is 25.9 Å². The molecule has 0 aliphatic rings. The van der Waals surface area contributed by atoms with Crippen LogP contribution in [-0.4, -0.2) is 39.8 Å². The molecular weight excluding hydrogens is 318 g/mol. The molecule has 0 aliphatic heterocycles. The van der Waals surface area contributed by atoms with Crippen molar-refractivity contribution >= 4 is 18.3 Å². The number of carbonyl (C=O) groups is 1. The highest BCUT2D eigenvalue weighted by Gasteiger charge is 2.11. The molecule has 1 amide bonds. The van der Waals surface area contributed by atoms with Crippen LogP contribution in [0.2, 0.25) is 0 Å². The minimum atomic E-state index is -2.91. The summed E-state index contributed by atoms with van der Waals surface area (Å²) >= 11 is 0. The van der Waals surface area contributed by atoms with Gasteiger partial charge in [0.25, 0.3) is 0 Å². The fourth-order valence-corrected chi connectivity index (χ4v) is 1.74. The Morgan fingerprint density at radius 2 is 2.00 bits per heavy atom. The number of carbonyl (C=O) groups excluding carboxylic acids is 1. The van der Waals surface area contributed by atoms with Gasteiger partial charge in [-0.25, -0.2) is 0 Å². The number of halogens is 3. The molecule has 0 radical (unpaired) electrons. The number of amides is 1. The number of methoxy groups -OCH3 is 1. The second-order valence-electron chi connectivity index (χ2n) is 4.32. The van der Waals surface area contributed by atoms with Crippen LogP contribution < -0.4 is 20.1 Å². The molecule has 0 spiro atoms. The van der Waals surface area contributed by atoms with E-state index >= 15 is 0 Å². The van der Waals surface area contributed by atoms with E-state index in [9.17, 15) is 13.6 Å². The predicted molar refractivity (Wildman–Crippen MR) is 82.1 cm³/mol. The van der Waals surface area contributed by atoms with E-state index in [1.54, 1.807) is 19.2 Å². The Morgan fingerprint density at radius 1 is 1.27 bits per heavy atom. The smallest absolute Gasteiger partial charge is 0.387 e. The Balaban J connectivity index is 0.00000441. The Kier molecular flexibility index (Phi) is 10.2. The van der Waals surface area contributed by atoms with E-state index in [0.717, 1.165) is 5.56 Å². The molecule has 0 atom stereocenters. The van der Waals surface area contributed by atoms with Gasteiger partial charge in [-0.3, -0.25) is 4.79 Å². The second kappa shape index (κ2) is 11.0. The molecule has 1 rings (SSSR count). The van der Waals surface area contributed by atoms with E-state index in [1.165, 1.54) is 13.2 Å². The molecule has 0 aromatic heterocycles. The minimum Gasteiger partial charge on any atom is -0.493 e. The van der Waals surface area contributed by atoms with Gasteiger partial charge in [-0.2, -0.15) is 8.78 Å². The number of hydrogen-bond acceptors (Lipinski definition) is 4. The van der Waals surface area contributed by atoms with Gasteiger partial charge in [0.1, 0.15) is 0 Å². The van der Waals surface area contributed by atoms with E-state index in [2.05, 4.69) is 15.4 Å². The molecule has 0 aliphatic carbocycles. The highest BCUT2D eigenvalue weighted by molar-refractivity contribution is 5.85. The standard InChI is InChI=1S/C14H20F2N2O3.ClH/c1-17-7-6-13(19)18-8-5-10-3-4-11(20-2)12(9-10)21-14(15)16;/h3-4,9,14,17H,5-8H2,1-2H3,(H,18,19);1H. The number of hydrogen-bond donors (Lipinski definition) is 2. The number of ether oxygens (including phenoxy) is 2. The van der Waals surface area contributed by atoms with Gasteiger partial charge < -0.3 is 20.1 Å². The van der Waals surface area contributed by atoms with Gasteiger partial charge in [-0.15, -0.1) is 12.4 Å². The van der Waals surface area contributed by atoms with Gasteiger partial charge in [0.2, 0.25) is 5.91 Å². The molecule has 0 saturated carbocycles. The predicted octanol–water partition coefficient (Wildman–Crippen LogP) is 1.99. The van der Waals surface area contributed by atoms with E-state index in [1.807, 2.05) is 0 Å². The lowest BCUT2D eigenvalue weighted by Crippen LogP contribution is -2.28. The third-order valence-electron chi connectivity index (χ3n) is 2.78. The Bertz CT molecular complexity index is 462. The lowest BCUT2D eigenvalue weighted by atomic mass is 10.1. The van der Waals surface area contributed by atoms with E-state index in [-0.39, 0.29) is 29.8 Å². The molecule has 0 unspecified atom stereocenters. The van der Waals surface area contributed by atoms with Crippen molar-refractivity contribution in [3.05, 3.63) is 23.8 Å². The molecular formula is C14H21ClF2N2O3. The summed E-state index contributed by atoms with van der Waals surface area (Å²) in [5.74, 6) is 0.186. The number of benzene rings is 1. The molecule has 1 aromatic carbocycles. The number of alkyl halides is 2. The maximum atomic E-state index is 12.3. The van der Waals surface area contributed by atoms with Crippen molar-refractivity contribution in [2.75, 3.05) is 27.2 Å². The van der Waals surface area contributed by atoms with Gasteiger partial charge >= 0.3 is 6.61 Å². The van der Waals surface area contributed by atoms with Crippen LogP contribution in [0.1, 0.15) is 12.0 Å². The summed E-state index contributed by atoms with van der Waals surface area (Å²) in [6.45, 7) is -1.86. The first kappa shape index (κ1) is 20.4. The van der Waals surface area contributed by atoms with E-state index in [4.69, 9.17) is 4.74 Å². The average molecular weight is 339 g/mol. The quantitative estimate of drug-likeness (QED) is 0.723. The summed E-state index contributed by atoms with van der Waals surface area (Å²) in [5, 5.41) is 5.64.